The summed E-state index contributed by atoms with van der Waals surface area (Å²) in [5.41, 5.74) is 0.220. The van der Waals surface area contributed by atoms with Gasteiger partial charge in [0.1, 0.15) is 36.0 Å². The van der Waals surface area contributed by atoms with Gasteiger partial charge in [-0.05, 0) is 30.3 Å². The minimum absolute atomic E-state index is 0.0150. The summed E-state index contributed by atoms with van der Waals surface area (Å²) in [5.74, 6) is 0.843. The Hall–Kier alpha value is -3.64. The maximum Gasteiger partial charge on any atom is 0.358 e. The Bertz CT molecular complexity index is 1290. The number of ether oxygens (including phenoxy) is 2. The molecule has 4 rings (SSSR count). The largest absolute Gasteiger partial charge is 0.486 e. The Kier molecular flexibility index (Phi) is 7.05. The maximum atomic E-state index is 13.2. The van der Waals surface area contributed by atoms with Gasteiger partial charge in [0.05, 0.1) is 24.2 Å². The van der Waals surface area contributed by atoms with E-state index < -0.39 is 11.8 Å². The van der Waals surface area contributed by atoms with E-state index >= 15 is 0 Å². The van der Waals surface area contributed by atoms with Gasteiger partial charge in [-0.1, -0.05) is 23.4 Å². The predicted molar refractivity (Wildman–Crippen MR) is 117 cm³/mol. The van der Waals surface area contributed by atoms with Crippen LogP contribution in [0.1, 0.15) is 22.0 Å². The summed E-state index contributed by atoms with van der Waals surface area (Å²) in [4.78, 5) is 11.5. The number of halogens is 2. The Balaban J connectivity index is 1.33. The van der Waals surface area contributed by atoms with E-state index in [-0.39, 0.29) is 17.3 Å². The number of thioether (sulfide) groups is 1. The second-order valence-electron chi connectivity index (χ2n) is 6.38. The van der Waals surface area contributed by atoms with Gasteiger partial charge in [-0.2, -0.15) is 14.9 Å². The molecule has 0 saturated heterocycles. The van der Waals surface area contributed by atoms with Crippen LogP contribution in [0.4, 0.5) is 4.39 Å². The van der Waals surface area contributed by atoms with Gasteiger partial charge in [0.25, 0.3) is 0 Å². The molecule has 0 amide bonds. The second kappa shape index (κ2) is 10.3. The third-order valence-electron chi connectivity index (χ3n) is 4.13. The number of esters is 1. The molecule has 0 saturated carbocycles. The molecule has 0 unspecified atom stereocenters. The number of rotatable bonds is 9. The van der Waals surface area contributed by atoms with E-state index in [0.29, 0.717) is 28.3 Å². The highest BCUT2D eigenvalue weighted by Crippen LogP contribution is 2.22. The molecular weight excluding hydrogens is 475 g/mol. The highest BCUT2D eigenvalue weighted by molar-refractivity contribution is 7.98. The number of methoxy groups -OCH3 is 1. The topological polar surface area (TPSA) is 110 Å². The minimum atomic E-state index is -0.511. The number of benzene rings is 1. The molecule has 4 aromatic rings. The molecule has 33 heavy (non-hydrogen) atoms. The third-order valence-corrected chi connectivity index (χ3v) is 5.34. The summed E-state index contributed by atoms with van der Waals surface area (Å²) in [7, 11) is 1.30. The Morgan fingerprint density at radius 3 is 3.03 bits per heavy atom. The van der Waals surface area contributed by atoms with E-state index in [1.54, 1.807) is 29.1 Å². The zero-order valence-corrected chi connectivity index (χ0v) is 18.7. The van der Waals surface area contributed by atoms with Gasteiger partial charge >= 0.3 is 5.97 Å². The van der Waals surface area contributed by atoms with Gasteiger partial charge in [0.2, 0.25) is 5.16 Å². The lowest BCUT2D eigenvalue weighted by Gasteiger charge is -2.04. The molecule has 3 heterocycles. The molecule has 0 bridgehead atoms. The number of furan rings is 1. The lowest BCUT2D eigenvalue weighted by Crippen LogP contribution is -2.04. The first-order chi connectivity index (χ1) is 16.0. The molecule has 0 fully saturated rings. The zero-order valence-electron chi connectivity index (χ0n) is 17.1. The highest BCUT2D eigenvalue weighted by atomic mass is 35.5. The Labute approximate surface area is 196 Å². The normalized spacial score (nSPS) is 11.2. The lowest BCUT2D eigenvalue weighted by molar-refractivity contribution is 0.0593. The molecule has 170 valence electrons. The lowest BCUT2D eigenvalue weighted by atomic mass is 10.3. The van der Waals surface area contributed by atoms with Crippen molar-refractivity contribution < 1.29 is 23.1 Å². The van der Waals surface area contributed by atoms with E-state index in [1.165, 1.54) is 54.3 Å². The number of hydrogen-bond acceptors (Lipinski definition) is 9. The smallest absolute Gasteiger partial charge is 0.358 e. The summed E-state index contributed by atoms with van der Waals surface area (Å²) >= 11 is 7.07. The van der Waals surface area contributed by atoms with Crippen LogP contribution < -0.4 is 4.74 Å². The summed E-state index contributed by atoms with van der Waals surface area (Å²) in [6, 6.07) is 9.15. The Morgan fingerprint density at radius 2 is 2.21 bits per heavy atom. The van der Waals surface area contributed by atoms with Gasteiger partial charge in [-0.3, -0.25) is 4.68 Å². The molecule has 0 spiro atoms. The van der Waals surface area contributed by atoms with Crippen LogP contribution >= 0.6 is 23.4 Å². The first-order valence-corrected chi connectivity index (χ1v) is 10.7. The highest BCUT2D eigenvalue weighted by Gasteiger charge is 2.11. The van der Waals surface area contributed by atoms with Crippen molar-refractivity contribution in [2.24, 2.45) is 5.10 Å². The number of carbonyl (C=O) groups is 1. The molecule has 0 aliphatic rings. The zero-order chi connectivity index (χ0) is 23.2. The molecule has 0 N–H and O–H groups in total. The van der Waals surface area contributed by atoms with Gasteiger partial charge in [-0.15, -0.1) is 10.2 Å². The van der Waals surface area contributed by atoms with Gasteiger partial charge in [0, 0.05) is 12.3 Å². The van der Waals surface area contributed by atoms with E-state index in [2.05, 4.69) is 25.1 Å². The predicted octanol–water partition coefficient (Wildman–Crippen LogP) is 3.86. The molecule has 0 atom stereocenters. The van der Waals surface area contributed by atoms with Crippen molar-refractivity contribution in [2.45, 2.75) is 17.6 Å². The fourth-order valence-electron chi connectivity index (χ4n) is 2.55. The summed E-state index contributed by atoms with van der Waals surface area (Å²) in [5, 5.41) is 16.8. The fraction of sp³-hybridized carbons (Fsp3) is 0.150. The average Bonchev–Trinajstić information content (AvgIpc) is 3.57. The maximum absolute atomic E-state index is 13.2. The molecular formula is C20H16ClFN6O4S. The van der Waals surface area contributed by atoms with Crippen LogP contribution in [-0.4, -0.2) is 43.9 Å². The van der Waals surface area contributed by atoms with Crippen LogP contribution in [0, 0.1) is 5.82 Å². The van der Waals surface area contributed by atoms with Crippen molar-refractivity contribution in [3.8, 4) is 5.75 Å². The Morgan fingerprint density at radius 1 is 1.33 bits per heavy atom. The van der Waals surface area contributed by atoms with E-state index in [1.807, 2.05) is 0 Å². The van der Waals surface area contributed by atoms with Crippen molar-refractivity contribution in [3.63, 3.8) is 0 Å². The molecule has 0 radical (unpaired) electrons. The van der Waals surface area contributed by atoms with Crippen LogP contribution in [0.15, 0.2) is 63.6 Å². The minimum Gasteiger partial charge on any atom is -0.486 e. The summed E-state index contributed by atoms with van der Waals surface area (Å²) < 4.78 is 32.1. The van der Waals surface area contributed by atoms with Gasteiger partial charge < -0.3 is 13.9 Å². The van der Waals surface area contributed by atoms with Crippen LogP contribution in [0.3, 0.4) is 0 Å². The SMILES string of the molecule is COC(=O)c1ccn(CSc2nncn2N=Cc2ccc(COc3ccc(F)c(Cl)c3)o2)n1. The monoisotopic (exact) mass is 490 g/mol. The third kappa shape index (κ3) is 5.79. The second-order valence-corrected chi connectivity index (χ2v) is 7.70. The van der Waals surface area contributed by atoms with Crippen LogP contribution in [0.2, 0.25) is 5.02 Å². The van der Waals surface area contributed by atoms with E-state index in [9.17, 15) is 9.18 Å². The fourth-order valence-corrected chi connectivity index (χ4v) is 3.44. The molecule has 13 heteroatoms. The molecule has 10 nitrogen and oxygen atoms in total. The van der Waals surface area contributed by atoms with Crippen LogP contribution in [-0.2, 0) is 17.2 Å². The number of hydrogen-bond donors (Lipinski definition) is 0. The van der Waals surface area contributed by atoms with Crippen molar-refractivity contribution in [3.05, 3.63) is 77.0 Å². The molecule has 0 aliphatic heterocycles. The van der Waals surface area contributed by atoms with Crippen molar-refractivity contribution in [2.75, 3.05) is 7.11 Å². The summed E-state index contributed by atoms with van der Waals surface area (Å²) in [6.07, 6.45) is 4.62. The molecule has 0 aliphatic carbocycles. The number of nitrogens with zero attached hydrogens (tertiary/aromatic N) is 6. The quantitative estimate of drug-likeness (QED) is 0.198. The number of aromatic nitrogens is 5. The summed E-state index contributed by atoms with van der Waals surface area (Å²) in [6.45, 7) is 0.140. The van der Waals surface area contributed by atoms with Crippen LogP contribution in [0.5, 0.6) is 5.75 Å². The van der Waals surface area contributed by atoms with E-state index in [4.69, 9.17) is 20.8 Å². The standard InChI is InChI=1S/C20H16ClFN6O4S/c1-30-19(29)18-6-7-27(26-18)12-33-20-25-23-11-28(20)24-9-14-2-3-15(32-14)10-31-13-4-5-17(22)16(21)8-13/h2-9,11H,10,12H2,1H3. The van der Waals surface area contributed by atoms with Crippen molar-refractivity contribution in [1.29, 1.82) is 0 Å². The first-order valence-electron chi connectivity index (χ1n) is 9.37. The first kappa shape index (κ1) is 22.6. The van der Waals surface area contributed by atoms with Crippen molar-refractivity contribution in [1.82, 2.24) is 24.7 Å². The van der Waals surface area contributed by atoms with Crippen LogP contribution in [0.25, 0.3) is 0 Å². The van der Waals surface area contributed by atoms with Crippen molar-refractivity contribution >= 4 is 35.5 Å². The molecule has 3 aromatic heterocycles. The van der Waals surface area contributed by atoms with Gasteiger partial charge in [-0.25, -0.2) is 9.18 Å². The molecule has 1 aromatic carbocycles. The van der Waals surface area contributed by atoms with Gasteiger partial charge in [0.15, 0.2) is 5.69 Å². The average molecular weight is 491 g/mol. The van der Waals surface area contributed by atoms with E-state index in [0.717, 1.165) is 0 Å². The number of carbonyl (C=O) groups excluding carboxylic acids is 1.